The summed E-state index contributed by atoms with van der Waals surface area (Å²) in [5, 5.41) is 0.522. The van der Waals surface area contributed by atoms with Crippen LogP contribution in [0.3, 0.4) is 0 Å². The number of ketones is 1. The van der Waals surface area contributed by atoms with Gasteiger partial charge in [0.2, 0.25) is 0 Å². The summed E-state index contributed by atoms with van der Waals surface area (Å²) in [6, 6.07) is 31.6. The van der Waals surface area contributed by atoms with Gasteiger partial charge in [-0.2, -0.15) is 0 Å². The van der Waals surface area contributed by atoms with Gasteiger partial charge in [-0.15, -0.1) is 0 Å². The fourth-order valence-corrected chi connectivity index (χ4v) is 18.4. The molecule has 0 unspecified atom stereocenters. The third-order valence-corrected chi connectivity index (χ3v) is 23.2. The van der Waals surface area contributed by atoms with Crippen LogP contribution in [0.4, 0.5) is 0 Å². The van der Waals surface area contributed by atoms with E-state index in [-0.39, 0.29) is 5.92 Å². The second-order valence-corrected chi connectivity index (χ2v) is 24.0. The van der Waals surface area contributed by atoms with Gasteiger partial charge >= 0.3 is 164 Å². The van der Waals surface area contributed by atoms with Crippen LogP contribution >= 0.6 is 13.9 Å². The number of benzene rings is 3. The first-order valence-corrected chi connectivity index (χ1v) is 17.4. The van der Waals surface area contributed by atoms with Gasteiger partial charge < -0.3 is 0 Å². The third-order valence-electron chi connectivity index (χ3n) is 4.98. The molecule has 26 heavy (non-hydrogen) atoms. The van der Waals surface area contributed by atoms with Crippen molar-refractivity contribution < 1.29 is 4.79 Å². The molecule has 0 heterocycles. The molecule has 0 aliphatic carbocycles. The van der Waals surface area contributed by atoms with Crippen molar-refractivity contribution in [3.63, 3.8) is 0 Å². The van der Waals surface area contributed by atoms with Gasteiger partial charge in [-0.05, 0) is 0 Å². The molecule has 3 heteroatoms. The van der Waals surface area contributed by atoms with E-state index in [1.165, 1.54) is 13.1 Å². The maximum absolute atomic E-state index is 13.1. The summed E-state index contributed by atoms with van der Waals surface area (Å²) >= 11 is 4.34. The average molecular weight is 471 g/mol. The van der Waals surface area contributed by atoms with Crippen molar-refractivity contribution in [3.05, 3.63) is 91.0 Å². The molecule has 1 nitrogen and oxygen atoms in total. The van der Waals surface area contributed by atoms with Gasteiger partial charge in [0, 0.05) is 0 Å². The van der Waals surface area contributed by atoms with Crippen LogP contribution < -0.4 is 13.1 Å². The molecule has 0 spiro atoms. The van der Waals surface area contributed by atoms with E-state index in [0.717, 1.165) is 0 Å². The van der Waals surface area contributed by atoms with Crippen LogP contribution in [-0.4, -0.2) is 16.4 Å². The first-order valence-electron chi connectivity index (χ1n) is 8.89. The van der Waals surface area contributed by atoms with Gasteiger partial charge in [-0.25, -0.2) is 0 Å². The van der Waals surface area contributed by atoms with Gasteiger partial charge in [0.1, 0.15) is 0 Å². The van der Waals surface area contributed by atoms with Crippen molar-refractivity contribution in [2.24, 2.45) is 5.92 Å². The van der Waals surface area contributed by atoms with Gasteiger partial charge in [-0.1, -0.05) is 0 Å². The monoisotopic (exact) mass is 470 g/mol. The summed E-state index contributed by atoms with van der Waals surface area (Å²) < 4.78 is 3.70. The van der Waals surface area contributed by atoms with E-state index in [0.29, 0.717) is 11.0 Å². The number of carbonyl (C=O) groups excluding carboxylic acids is 1. The summed E-state index contributed by atoms with van der Waals surface area (Å²) in [7, 11) is -3.82. The van der Waals surface area contributed by atoms with Crippen molar-refractivity contribution in [2.75, 3.05) is 0 Å². The number of Topliss-reactive ketones (excluding diaryl/α,β-unsaturated/α-hetero) is 1. The normalized spacial score (nSPS) is 13.2. The topological polar surface area (TPSA) is 17.1 Å². The minimum absolute atomic E-state index is 0.00307. The van der Waals surface area contributed by atoms with Crippen LogP contribution in [0.2, 0.25) is 5.21 Å². The van der Waals surface area contributed by atoms with Crippen molar-refractivity contribution in [3.8, 4) is 0 Å². The van der Waals surface area contributed by atoms with E-state index in [4.69, 9.17) is 0 Å². The van der Waals surface area contributed by atoms with Crippen molar-refractivity contribution in [1.29, 1.82) is 0 Å². The second-order valence-electron chi connectivity index (χ2n) is 6.97. The van der Waals surface area contributed by atoms with E-state index >= 15 is 0 Å². The summed E-state index contributed by atoms with van der Waals surface area (Å²) in [5.74, 6) is 0.299. The Labute approximate surface area is 163 Å². The van der Waals surface area contributed by atoms with E-state index in [9.17, 15) is 4.79 Å². The van der Waals surface area contributed by atoms with Crippen LogP contribution in [0.15, 0.2) is 91.0 Å². The molecular weight excluding hydrogens is 447 g/mol. The molecule has 0 aliphatic rings. The summed E-state index contributed by atoms with van der Waals surface area (Å²) in [6.45, 7) is 3.98. The molecule has 0 aliphatic heterocycles. The van der Waals surface area contributed by atoms with Crippen molar-refractivity contribution >= 4 is 43.4 Å². The molecule has 3 aromatic rings. The van der Waals surface area contributed by atoms with E-state index in [1.54, 1.807) is 0 Å². The number of hydrogen-bond acceptors (Lipinski definition) is 1. The molecule has 0 radical (unpaired) electrons. The zero-order chi connectivity index (χ0) is 18.6. The Hall–Kier alpha value is -1.63. The first-order chi connectivity index (χ1) is 12.5. The summed E-state index contributed by atoms with van der Waals surface area (Å²) in [4.78, 5) is 13.1. The maximum atomic E-state index is 13.1. The van der Waals surface area contributed by atoms with Crippen molar-refractivity contribution in [2.45, 2.75) is 19.1 Å². The molecule has 134 valence electrons. The quantitative estimate of drug-likeness (QED) is 0.492. The Morgan fingerprint density at radius 2 is 1.04 bits per heavy atom. The molecule has 0 aromatic heterocycles. The van der Waals surface area contributed by atoms with Gasteiger partial charge in [-0.3, -0.25) is 0 Å². The summed E-state index contributed by atoms with van der Waals surface area (Å²) in [6.07, 6.45) is 0. The van der Waals surface area contributed by atoms with Crippen LogP contribution in [0, 0.1) is 5.92 Å². The van der Waals surface area contributed by atoms with E-state index in [1.807, 2.05) is 32.0 Å². The van der Waals surface area contributed by atoms with Crippen LogP contribution in [0.25, 0.3) is 0 Å². The Kier molecular flexibility index (Phi) is 5.55. The summed E-state index contributed by atoms with van der Waals surface area (Å²) in [5.41, 5.74) is 0. The van der Waals surface area contributed by atoms with E-state index < -0.39 is 10.6 Å². The molecule has 0 bridgehead atoms. The Balaban J connectivity index is 2.41. The average Bonchev–Trinajstić information content (AvgIpc) is 2.70. The number of hydrogen-bond donors (Lipinski definition) is 0. The predicted octanol–water partition coefficient (Wildman–Crippen LogP) is 4.23. The SMILES string of the molecule is CC(C)C(=O)C[As](Br)(c1ccccc1)(c1ccccc1)c1ccccc1. The van der Waals surface area contributed by atoms with Crippen LogP contribution in [-0.2, 0) is 4.79 Å². The Morgan fingerprint density at radius 3 is 1.31 bits per heavy atom. The van der Waals surface area contributed by atoms with Crippen LogP contribution in [0.1, 0.15) is 13.8 Å². The number of halogens is 1. The number of rotatable bonds is 6. The van der Waals surface area contributed by atoms with Gasteiger partial charge in [0.25, 0.3) is 0 Å². The molecule has 0 saturated heterocycles. The first kappa shape index (κ1) is 19.1. The molecule has 0 amide bonds. The van der Waals surface area contributed by atoms with Crippen LogP contribution in [0.5, 0.6) is 0 Å². The molecule has 3 aromatic carbocycles. The zero-order valence-electron chi connectivity index (χ0n) is 15.2. The number of carbonyl (C=O) groups is 1. The predicted molar refractivity (Wildman–Crippen MR) is 118 cm³/mol. The fraction of sp³-hybridized carbons (Fsp3) is 0.174. The third kappa shape index (κ3) is 3.21. The van der Waals surface area contributed by atoms with Gasteiger partial charge in [0.05, 0.1) is 0 Å². The zero-order valence-corrected chi connectivity index (χ0v) is 18.6. The molecule has 0 fully saturated rings. The molecule has 0 atom stereocenters. The van der Waals surface area contributed by atoms with E-state index in [2.05, 4.69) is 86.7 Å². The molecule has 0 saturated carbocycles. The fourth-order valence-electron chi connectivity index (χ4n) is 3.41. The Bertz CT molecular complexity index is 776. The van der Waals surface area contributed by atoms with Crippen molar-refractivity contribution in [1.82, 2.24) is 0 Å². The Morgan fingerprint density at radius 1 is 0.731 bits per heavy atom. The minimum atomic E-state index is -3.82. The standard InChI is InChI=1S/C23H24AsBrO/c1-19(2)23(26)18-24(25,20-12-6-3-7-13-20,21-14-8-4-9-15-21)22-16-10-5-11-17-22/h3-17,19H,18H2,1-2H3. The van der Waals surface area contributed by atoms with Gasteiger partial charge in [0.15, 0.2) is 0 Å². The molecule has 0 N–H and O–H groups in total. The molecular formula is C23H24AsBrO. The molecule has 3 rings (SSSR count). The second kappa shape index (κ2) is 7.54.